The molecule has 0 unspecified atom stereocenters. The number of likely N-dealkylation sites (N-methyl/N-ethyl adjacent to an activating group) is 1. The second-order valence-electron chi connectivity index (χ2n) is 7.48. The van der Waals surface area contributed by atoms with E-state index in [1.807, 2.05) is 38.1 Å². The summed E-state index contributed by atoms with van der Waals surface area (Å²) in [6, 6.07) is 7.52. The summed E-state index contributed by atoms with van der Waals surface area (Å²) < 4.78 is 5.50. The Hall–Kier alpha value is -3.33. The number of benzene rings is 1. The minimum Gasteiger partial charge on any atom is -0.484 e. The van der Waals surface area contributed by atoms with Gasteiger partial charge in [-0.2, -0.15) is 4.98 Å². The molecule has 30 heavy (non-hydrogen) atoms. The Morgan fingerprint density at radius 2 is 1.80 bits per heavy atom. The molecule has 9 nitrogen and oxygen atoms in total. The number of aryl methyl sites for hydroxylation is 2. The van der Waals surface area contributed by atoms with Crippen LogP contribution in [0.25, 0.3) is 11.2 Å². The Morgan fingerprint density at radius 1 is 1.07 bits per heavy atom. The minimum atomic E-state index is -0.308. The third kappa shape index (κ3) is 4.62. The summed E-state index contributed by atoms with van der Waals surface area (Å²) in [6.07, 6.45) is 1.51. The van der Waals surface area contributed by atoms with Gasteiger partial charge in [0.2, 0.25) is 5.95 Å². The number of carbonyl (C=O) groups excluding carboxylic acids is 1. The molecule has 0 aliphatic carbocycles. The van der Waals surface area contributed by atoms with Gasteiger partial charge in [-0.25, -0.2) is 15.0 Å². The third-order valence-corrected chi connectivity index (χ3v) is 5.01. The fraction of sp³-hybridized carbons (Fsp3) is 0.381. The van der Waals surface area contributed by atoms with Crippen LogP contribution in [-0.2, 0) is 4.79 Å². The molecule has 1 aliphatic rings. The van der Waals surface area contributed by atoms with E-state index in [1.54, 1.807) is 0 Å². The van der Waals surface area contributed by atoms with E-state index in [1.165, 1.54) is 6.20 Å². The number of hydrogen-bond acceptors (Lipinski definition) is 8. The first-order valence-corrected chi connectivity index (χ1v) is 9.92. The maximum absolute atomic E-state index is 12.2. The van der Waals surface area contributed by atoms with Crippen LogP contribution in [0.1, 0.15) is 11.3 Å². The molecule has 4 rings (SSSR count). The minimum absolute atomic E-state index is 0.111. The Bertz CT molecular complexity index is 1050. The molecule has 0 saturated carbocycles. The van der Waals surface area contributed by atoms with E-state index < -0.39 is 0 Å². The van der Waals surface area contributed by atoms with Gasteiger partial charge in [0.25, 0.3) is 5.91 Å². The van der Waals surface area contributed by atoms with Crippen LogP contribution < -0.4 is 15.0 Å². The maximum Gasteiger partial charge on any atom is 0.263 e. The quantitative estimate of drug-likeness (QED) is 0.684. The number of amides is 1. The lowest BCUT2D eigenvalue weighted by Crippen LogP contribution is -2.45. The molecule has 1 saturated heterocycles. The van der Waals surface area contributed by atoms with Crippen LogP contribution in [0.2, 0.25) is 0 Å². The van der Waals surface area contributed by atoms with Crippen molar-refractivity contribution in [1.29, 1.82) is 0 Å². The predicted molar refractivity (Wildman–Crippen MR) is 115 cm³/mol. The number of nitrogens with zero attached hydrogens (tertiary/aromatic N) is 6. The van der Waals surface area contributed by atoms with Crippen LogP contribution in [0.3, 0.4) is 0 Å². The molecule has 0 bridgehead atoms. The normalized spacial score (nSPS) is 14.7. The number of anilines is 2. The molecule has 0 spiro atoms. The lowest BCUT2D eigenvalue weighted by Gasteiger charge is -2.32. The van der Waals surface area contributed by atoms with Crippen molar-refractivity contribution in [3.8, 4) is 5.75 Å². The molecule has 1 aromatic carbocycles. The van der Waals surface area contributed by atoms with E-state index in [0.29, 0.717) is 28.7 Å². The molecule has 9 heteroatoms. The average molecular weight is 407 g/mol. The summed E-state index contributed by atoms with van der Waals surface area (Å²) >= 11 is 0. The van der Waals surface area contributed by atoms with E-state index in [4.69, 9.17) is 4.74 Å². The maximum atomic E-state index is 12.2. The second-order valence-corrected chi connectivity index (χ2v) is 7.48. The van der Waals surface area contributed by atoms with E-state index in [0.717, 1.165) is 37.4 Å². The number of fused-ring (bicyclic) bond motifs is 1. The van der Waals surface area contributed by atoms with Gasteiger partial charge in [-0.3, -0.25) is 4.79 Å². The number of piperazine rings is 1. The van der Waals surface area contributed by atoms with Crippen LogP contribution in [0, 0.1) is 13.8 Å². The van der Waals surface area contributed by atoms with Crippen LogP contribution in [0.5, 0.6) is 5.75 Å². The summed E-state index contributed by atoms with van der Waals surface area (Å²) in [5.41, 5.74) is 2.95. The van der Waals surface area contributed by atoms with E-state index in [-0.39, 0.29) is 12.5 Å². The van der Waals surface area contributed by atoms with Crippen molar-refractivity contribution in [2.75, 3.05) is 50.1 Å². The predicted octanol–water partition coefficient (Wildman–Crippen LogP) is 1.81. The number of rotatable bonds is 5. The number of ether oxygens (including phenoxy) is 1. The molecule has 1 amide bonds. The van der Waals surface area contributed by atoms with E-state index >= 15 is 0 Å². The van der Waals surface area contributed by atoms with Gasteiger partial charge >= 0.3 is 0 Å². The largest absolute Gasteiger partial charge is 0.484 e. The van der Waals surface area contributed by atoms with Gasteiger partial charge in [0.05, 0.1) is 11.9 Å². The van der Waals surface area contributed by atoms with Crippen LogP contribution in [0.4, 0.5) is 11.8 Å². The number of nitrogens with one attached hydrogen (secondary N) is 1. The SMILES string of the molecule is Cc1ccc(OCC(=O)Nc2cnc3nc(N4CCN(C)CC4)nc(C)c3n2)cc1. The molecule has 0 atom stereocenters. The van der Waals surface area contributed by atoms with Gasteiger partial charge in [0.15, 0.2) is 18.1 Å². The number of carbonyl (C=O) groups is 1. The van der Waals surface area contributed by atoms with Crippen molar-refractivity contribution >= 4 is 28.8 Å². The highest BCUT2D eigenvalue weighted by Gasteiger charge is 2.18. The van der Waals surface area contributed by atoms with Crippen molar-refractivity contribution < 1.29 is 9.53 Å². The topological polar surface area (TPSA) is 96.4 Å². The molecule has 0 radical (unpaired) electrons. The lowest BCUT2D eigenvalue weighted by molar-refractivity contribution is -0.118. The monoisotopic (exact) mass is 407 g/mol. The summed E-state index contributed by atoms with van der Waals surface area (Å²) in [5, 5.41) is 2.72. The van der Waals surface area contributed by atoms with Crippen molar-refractivity contribution in [1.82, 2.24) is 24.8 Å². The average Bonchev–Trinajstić information content (AvgIpc) is 2.74. The zero-order chi connectivity index (χ0) is 21.1. The van der Waals surface area contributed by atoms with E-state index in [2.05, 4.69) is 42.1 Å². The Balaban J connectivity index is 1.43. The summed E-state index contributed by atoms with van der Waals surface area (Å²) in [6.45, 7) is 7.47. The van der Waals surface area contributed by atoms with Gasteiger partial charge in [-0.05, 0) is 33.0 Å². The number of hydrogen-bond donors (Lipinski definition) is 1. The molecule has 1 N–H and O–H groups in total. The molecule has 1 fully saturated rings. The Labute approximate surface area is 175 Å². The molecular formula is C21H25N7O2. The standard InChI is InChI=1S/C21H25N7O2/c1-14-4-6-16(7-5-14)30-13-18(29)24-17-12-22-20-19(25-17)15(2)23-21(26-20)28-10-8-27(3)9-11-28/h4-7,12H,8-11,13H2,1-3H3,(H,24,25,29). The summed E-state index contributed by atoms with van der Waals surface area (Å²) in [4.78, 5) is 34.7. The van der Waals surface area contributed by atoms with E-state index in [9.17, 15) is 4.79 Å². The molecule has 3 heterocycles. The highest BCUT2D eigenvalue weighted by molar-refractivity contribution is 5.91. The first-order chi connectivity index (χ1) is 14.5. The van der Waals surface area contributed by atoms with Crippen LogP contribution >= 0.6 is 0 Å². The van der Waals surface area contributed by atoms with Crippen molar-refractivity contribution in [2.24, 2.45) is 0 Å². The zero-order valence-electron chi connectivity index (χ0n) is 17.4. The molecule has 3 aromatic rings. The summed E-state index contributed by atoms with van der Waals surface area (Å²) in [7, 11) is 2.11. The molecule has 2 aromatic heterocycles. The van der Waals surface area contributed by atoms with Gasteiger partial charge in [0, 0.05) is 26.2 Å². The number of aromatic nitrogens is 4. The highest BCUT2D eigenvalue weighted by atomic mass is 16.5. The first kappa shape index (κ1) is 20.0. The van der Waals surface area contributed by atoms with Crippen molar-refractivity contribution in [3.05, 3.63) is 41.7 Å². The summed E-state index contributed by atoms with van der Waals surface area (Å²) in [5.74, 6) is 1.35. The zero-order valence-corrected chi connectivity index (χ0v) is 17.4. The fourth-order valence-corrected chi connectivity index (χ4v) is 3.20. The molecule has 1 aliphatic heterocycles. The van der Waals surface area contributed by atoms with Gasteiger partial charge in [0.1, 0.15) is 11.3 Å². The molecular weight excluding hydrogens is 382 g/mol. The lowest BCUT2D eigenvalue weighted by atomic mass is 10.2. The highest BCUT2D eigenvalue weighted by Crippen LogP contribution is 2.19. The smallest absolute Gasteiger partial charge is 0.263 e. The van der Waals surface area contributed by atoms with Crippen molar-refractivity contribution in [3.63, 3.8) is 0 Å². The van der Waals surface area contributed by atoms with Crippen molar-refractivity contribution in [2.45, 2.75) is 13.8 Å². The second kappa shape index (κ2) is 8.58. The Kier molecular flexibility index (Phi) is 5.71. The third-order valence-electron chi connectivity index (χ3n) is 5.01. The van der Waals surface area contributed by atoms with Gasteiger partial charge in [-0.1, -0.05) is 17.7 Å². The fourth-order valence-electron chi connectivity index (χ4n) is 3.20. The van der Waals surface area contributed by atoms with Crippen LogP contribution in [0.15, 0.2) is 30.5 Å². The Morgan fingerprint density at radius 3 is 2.53 bits per heavy atom. The first-order valence-electron chi connectivity index (χ1n) is 9.92. The molecule has 156 valence electrons. The van der Waals surface area contributed by atoms with Gasteiger partial charge < -0.3 is 19.9 Å². The van der Waals surface area contributed by atoms with Gasteiger partial charge in [-0.15, -0.1) is 0 Å². The van der Waals surface area contributed by atoms with Crippen LogP contribution in [-0.4, -0.2) is 70.6 Å².